The lowest BCUT2D eigenvalue weighted by Crippen LogP contribution is -2.61. The average molecular weight is 365 g/mol. The van der Waals surface area contributed by atoms with E-state index < -0.39 is 35.6 Å². The standard InChI is InChI=1S/C13H12BrF3N2O2/c1-6-12(21)19(7(2)11(20)18-6)8-3-4-10(14)9(5-8)13(15,16)17/h3-7H,1-2H3,(H,18,20). The lowest BCUT2D eigenvalue weighted by molar-refractivity contribution is -0.138. The molecule has 0 aromatic heterocycles. The lowest BCUT2D eigenvalue weighted by Gasteiger charge is -2.36. The lowest BCUT2D eigenvalue weighted by atomic mass is 10.1. The summed E-state index contributed by atoms with van der Waals surface area (Å²) < 4.78 is 38.7. The van der Waals surface area contributed by atoms with Crippen molar-refractivity contribution in [1.29, 1.82) is 0 Å². The molecule has 0 saturated carbocycles. The van der Waals surface area contributed by atoms with E-state index >= 15 is 0 Å². The largest absolute Gasteiger partial charge is 0.417 e. The van der Waals surface area contributed by atoms with E-state index in [9.17, 15) is 22.8 Å². The van der Waals surface area contributed by atoms with E-state index in [1.807, 2.05) is 0 Å². The molecule has 2 amide bonds. The average Bonchev–Trinajstić information content (AvgIpc) is 2.37. The fourth-order valence-corrected chi connectivity index (χ4v) is 2.62. The fourth-order valence-electron chi connectivity index (χ4n) is 2.14. The first-order valence-corrected chi connectivity index (χ1v) is 6.92. The van der Waals surface area contributed by atoms with Crippen LogP contribution in [0.25, 0.3) is 0 Å². The van der Waals surface area contributed by atoms with Crippen molar-refractivity contribution in [1.82, 2.24) is 5.32 Å². The van der Waals surface area contributed by atoms with Gasteiger partial charge >= 0.3 is 6.18 Å². The highest BCUT2D eigenvalue weighted by Crippen LogP contribution is 2.37. The molecule has 1 aromatic carbocycles. The number of nitrogens with one attached hydrogen (secondary N) is 1. The predicted octanol–water partition coefficient (Wildman–Crippen LogP) is 2.71. The zero-order valence-electron chi connectivity index (χ0n) is 11.2. The zero-order valence-corrected chi connectivity index (χ0v) is 12.7. The third kappa shape index (κ3) is 2.90. The molecular weight excluding hydrogens is 353 g/mol. The highest BCUT2D eigenvalue weighted by molar-refractivity contribution is 9.10. The van der Waals surface area contributed by atoms with Crippen LogP contribution in [0.2, 0.25) is 0 Å². The Morgan fingerprint density at radius 1 is 1.24 bits per heavy atom. The summed E-state index contributed by atoms with van der Waals surface area (Å²) in [6, 6.07) is 1.82. The summed E-state index contributed by atoms with van der Waals surface area (Å²) in [6.07, 6.45) is -4.55. The highest BCUT2D eigenvalue weighted by atomic mass is 79.9. The molecule has 0 radical (unpaired) electrons. The Hall–Kier alpha value is -1.57. The van der Waals surface area contributed by atoms with E-state index in [0.717, 1.165) is 11.0 Å². The number of carbonyl (C=O) groups excluding carboxylic acids is 2. The number of rotatable bonds is 1. The van der Waals surface area contributed by atoms with Gasteiger partial charge in [0.1, 0.15) is 12.1 Å². The maximum Gasteiger partial charge on any atom is 0.417 e. The van der Waals surface area contributed by atoms with Crippen LogP contribution in [0.1, 0.15) is 19.4 Å². The van der Waals surface area contributed by atoms with Gasteiger partial charge in [-0.1, -0.05) is 15.9 Å². The number of nitrogens with zero attached hydrogens (tertiary/aromatic N) is 1. The van der Waals surface area contributed by atoms with Gasteiger partial charge in [0.25, 0.3) is 0 Å². The van der Waals surface area contributed by atoms with Crippen molar-refractivity contribution in [3.8, 4) is 0 Å². The Morgan fingerprint density at radius 3 is 2.43 bits per heavy atom. The summed E-state index contributed by atoms with van der Waals surface area (Å²) in [5, 5.41) is 2.47. The van der Waals surface area contributed by atoms with Gasteiger partial charge in [0, 0.05) is 10.2 Å². The molecule has 1 aliphatic heterocycles. The van der Waals surface area contributed by atoms with E-state index in [1.165, 1.54) is 26.0 Å². The van der Waals surface area contributed by atoms with Crippen LogP contribution in [0.4, 0.5) is 18.9 Å². The number of carbonyl (C=O) groups is 2. The van der Waals surface area contributed by atoms with Crippen LogP contribution < -0.4 is 10.2 Å². The molecule has 0 aliphatic carbocycles. The third-order valence-corrected chi connectivity index (χ3v) is 3.96. The molecule has 1 fully saturated rings. The van der Waals surface area contributed by atoms with Gasteiger partial charge in [0.2, 0.25) is 11.8 Å². The number of halogens is 4. The molecule has 2 atom stereocenters. The first-order chi connectivity index (χ1) is 9.62. The molecular formula is C13H12BrF3N2O2. The zero-order chi connectivity index (χ0) is 15.9. The molecule has 21 heavy (non-hydrogen) atoms. The number of benzene rings is 1. The Morgan fingerprint density at radius 2 is 1.86 bits per heavy atom. The summed E-state index contributed by atoms with van der Waals surface area (Å²) in [5.74, 6) is -0.851. The maximum atomic E-state index is 12.9. The number of piperazine rings is 1. The third-order valence-electron chi connectivity index (χ3n) is 3.27. The van der Waals surface area contributed by atoms with Gasteiger partial charge in [0.05, 0.1) is 5.56 Å². The van der Waals surface area contributed by atoms with Gasteiger partial charge in [0.15, 0.2) is 0 Å². The van der Waals surface area contributed by atoms with Crippen molar-refractivity contribution in [3.05, 3.63) is 28.2 Å². The van der Waals surface area contributed by atoms with Gasteiger partial charge in [-0.15, -0.1) is 0 Å². The second-order valence-electron chi connectivity index (χ2n) is 4.78. The second kappa shape index (κ2) is 5.32. The van der Waals surface area contributed by atoms with Crippen molar-refractivity contribution < 1.29 is 22.8 Å². The Labute approximate surface area is 127 Å². The topological polar surface area (TPSA) is 49.4 Å². The molecule has 2 rings (SSSR count). The molecule has 8 heteroatoms. The van der Waals surface area contributed by atoms with Crippen LogP contribution in [0, 0.1) is 0 Å². The molecule has 114 valence electrons. The van der Waals surface area contributed by atoms with Crippen LogP contribution in [-0.2, 0) is 15.8 Å². The van der Waals surface area contributed by atoms with E-state index in [2.05, 4.69) is 21.2 Å². The number of anilines is 1. The van der Waals surface area contributed by atoms with Crippen LogP contribution in [0.3, 0.4) is 0 Å². The van der Waals surface area contributed by atoms with Crippen molar-refractivity contribution in [3.63, 3.8) is 0 Å². The molecule has 1 aromatic rings. The summed E-state index contributed by atoms with van der Waals surface area (Å²) in [5.41, 5.74) is -0.844. The molecule has 0 spiro atoms. The van der Waals surface area contributed by atoms with Crippen molar-refractivity contribution in [2.45, 2.75) is 32.1 Å². The number of amides is 2. The predicted molar refractivity (Wildman–Crippen MR) is 73.7 cm³/mol. The van der Waals surface area contributed by atoms with Crippen LogP contribution >= 0.6 is 15.9 Å². The van der Waals surface area contributed by atoms with Gasteiger partial charge in [-0.3, -0.25) is 14.5 Å². The summed E-state index contributed by atoms with van der Waals surface area (Å²) in [6.45, 7) is 2.96. The molecule has 0 bridgehead atoms. The minimum Gasteiger partial charge on any atom is -0.343 e. The quantitative estimate of drug-likeness (QED) is 0.832. The monoisotopic (exact) mass is 364 g/mol. The van der Waals surface area contributed by atoms with Gasteiger partial charge in [-0.2, -0.15) is 13.2 Å². The molecule has 2 unspecified atom stereocenters. The van der Waals surface area contributed by atoms with Crippen molar-refractivity contribution in [2.75, 3.05) is 4.90 Å². The highest BCUT2D eigenvalue weighted by Gasteiger charge is 2.39. The normalized spacial score (nSPS) is 23.2. The van der Waals surface area contributed by atoms with Crippen LogP contribution in [0.5, 0.6) is 0 Å². The van der Waals surface area contributed by atoms with Crippen molar-refractivity contribution >= 4 is 33.4 Å². The van der Waals surface area contributed by atoms with Crippen molar-refractivity contribution in [2.24, 2.45) is 0 Å². The van der Waals surface area contributed by atoms with Gasteiger partial charge in [-0.25, -0.2) is 0 Å². The fraction of sp³-hybridized carbons (Fsp3) is 0.385. The molecule has 1 heterocycles. The Kier molecular flexibility index (Phi) is 4.01. The SMILES string of the molecule is CC1NC(=O)C(C)N(c2ccc(Br)c(C(F)(F)F)c2)C1=O. The minimum absolute atomic E-state index is 0.0460. The first kappa shape index (κ1) is 15.8. The van der Waals surface area contributed by atoms with E-state index in [4.69, 9.17) is 0 Å². The number of hydrogen-bond donors (Lipinski definition) is 1. The van der Waals surface area contributed by atoms with E-state index in [0.29, 0.717) is 0 Å². The minimum atomic E-state index is -4.55. The van der Waals surface area contributed by atoms with Crippen LogP contribution in [0.15, 0.2) is 22.7 Å². The first-order valence-electron chi connectivity index (χ1n) is 6.13. The summed E-state index contributed by atoms with van der Waals surface area (Å²) in [7, 11) is 0. The van der Waals surface area contributed by atoms with Gasteiger partial charge < -0.3 is 5.32 Å². The number of alkyl halides is 3. The maximum absolute atomic E-state index is 12.9. The summed E-state index contributed by atoms with van der Waals surface area (Å²) >= 11 is 2.84. The second-order valence-corrected chi connectivity index (χ2v) is 5.63. The molecule has 1 aliphatic rings. The molecule has 1 N–H and O–H groups in total. The van der Waals surface area contributed by atoms with E-state index in [-0.39, 0.29) is 10.2 Å². The Bertz CT molecular complexity index is 604. The summed E-state index contributed by atoms with van der Waals surface area (Å²) in [4.78, 5) is 25.0. The van der Waals surface area contributed by atoms with Gasteiger partial charge in [-0.05, 0) is 32.0 Å². The van der Waals surface area contributed by atoms with Crippen LogP contribution in [-0.4, -0.2) is 23.9 Å². The Balaban J connectivity index is 2.50. The number of hydrogen-bond acceptors (Lipinski definition) is 2. The molecule has 4 nitrogen and oxygen atoms in total. The smallest absolute Gasteiger partial charge is 0.343 e. The molecule has 1 saturated heterocycles. The van der Waals surface area contributed by atoms with E-state index in [1.54, 1.807) is 0 Å².